The summed E-state index contributed by atoms with van der Waals surface area (Å²) in [5, 5.41) is 25.8. The van der Waals surface area contributed by atoms with Crippen LogP contribution in [-0.4, -0.2) is 90.7 Å². The number of anilines is 1. The summed E-state index contributed by atoms with van der Waals surface area (Å²) in [4.78, 5) is 68.9. The maximum Gasteiger partial charge on any atom is 0.311 e. The molecule has 1 fully saturated rings. The third-order valence-corrected chi connectivity index (χ3v) is 12.8. The van der Waals surface area contributed by atoms with Gasteiger partial charge in [0.2, 0.25) is 11.8 Å². The first-order valence-electron chi connectivity index (χ1n) is 24.2. The molecule has 1 aliphatic heterocycles. The van der Waals surface area contributed by atoms with Crippen molar-refractivity contribution < 1.29 is 63.0 Å². The lowest BCUT2D eigenvalue weighted by Gasteiger charge is -2.26. The van der Waals surface area contributed by atoms with Gasteiger partial charge in [0.05, 0.1) is 41.6 Å². The molecule has 1 saturated heterocycles. The van der Waals surface area contributed by atoms with Crippen LogP contribution in [0.5, 0.6) is 5.75 Å². The molecule has 70 heavy (non-hydrogen) atoms. The van der Waals surface area contributed by atoms with Crippen molar-refractivity contribution in [3.05, 3.63) is 96.1 Å². The second-order valence-corrected chi connectivity index (χ2v) is 19.7. The minimum Gasteiger partial charge on any atom is -0.490 e. The summed E-state index contributed by atoms with van der Waals surface area (Å²) in [6.45, 7) is 28.5. The first-order valence-corrected chi connectivity index (χ1v) is 24.2. The van der Waals surface area contributed by atoms with Crippen LogP contribution in [-0.2, 0) is 48.4 Å². The molecule has 3 N–H and O–H groups in total. The number of hydrogen-bond donors (Lipinski definition) is 3. The molecule has 1 aliphatic rings. The Balaban J connectivity index is 0.000000913. The minimum absolute atomic E-state index is 0.0560. The van der Waals surface area contributed by atoms with Gasteiger partial charge in [-0.3, -0.25) is 33.7 Å². The number of esters is 3. The number of methoxy groups -OCH3 is 1. The van der Waals surface area contributed by atoms with E-state index in [1.54, 1.807) is 53.7 Å². The highest BCUT2D eigenvalue weighted by molar-refractivity contribution is 6.21. The van der Waals surface area contributed by atoms with Gasteiger partial charge in [-0.2, -0.15) is 0 Å². The van der Waals surface area contributed by atoms with Crippen LogP contribution in [0.2, 0.25) is 0 Å². The lowest BCUT2D eigenvalue weighted by Crippen LogP contribution is -2.30. The van der Waals surface area contributed by atoms with E-state index in [0.29, 0.717) is 25.1 Å². The number of amides is 2. The van der Waals surface area contributed by atoms with E-state index in [2.05, 4.69) is 55.0 Å². The number of aliphatic hydroxyl groups excluding tert-OH is 2. The number of ether oxygens (including phenoxy) is 4. The van der Waals surface area contributed by atoms with Gasteiger partial charge in [0.15, 0.2) is 0 Å². The molecule has 2 amide bonds. The van der Waals surface area contributed by atoms with E-state index in [1.807, 2.05) is 84.9 Å². The SMILES string of the molecule is CC1C(=O)N(c2ccccc2)C(=O)C1C.CCC(C)(C)C(=O)O.CCC(C)(C)C(=O)OC.CCC(C)(C)C(=O)OCC(O)CO.CCC(C)C(=O)OCCOc1ccc(C(C)(C)c2ccccc2)cc1. The third kappa shape index (κ3) is 21.2. The Hall–Kier alpha value is -5.60. The molecule has 0 saturated carbocycles. The van der Waals surface area contributed by atoms with Gasteiger partial charge >= 0.3 is 23.9 Å². The number of rotatable bonds is 18. The standard InChI is InChI=1S/C22H28O3.C12H13NO2.C9H18O4.C7H14O2.C6H12O2/c1-5-17(2)21(23)25-16-15-24-20-13-11-19(12-14-20)22(3,4)18-9-7-6-8-10-18;1-8-9(2)12(15)13(11(8)14)10-6-4-3-5-7-10;1-4-9(2,3)8(12)13-6-7(11)5-10;1-5-7(2,3)6(8)9-4;1-4-6(2,3)5(7)8/h6-14,17H,5,15-16H2,1-4H3;3-9H,1-2H3;7,10-11H,4-6H2,1-3H3;5H2,1-4H3;4H2,1-3H3,(H,7,8). The smallest absolute Gasteiger partial charge is 0.311 e. The van der Waals surface area contributed by atoms with Crippen LogP contribution in [0.4, 0.5) is 5.69 Å². The maximum absolute atomic E-state index is 11.8. The topological polar surface area (TPSA) is 203 Å². The molecule has 0 radical (unpaired) electrons. The molecule has 0 aromatic heterocycles. The summed E-state index contributed by atoms with van der Waals surface area (Å²) < 4.78 is 20.2. The Bertz CT molecular complexity index is 2010. The number of benzene rings is 3. The Morgan fingerprint density at radius 2 is 1.09 bits per heavy atom. The Labute approximate surface area is 418 Å². The van der Waals surface area contributed by atoms with Crippen LogP contribution >= 0.6 is 0 Å². The number of carboxylic acids is 1. The molecular formula is C56H85NO13. The number of imide groups is 1. The molecule has 4 atom stereocenters. The Morgan fingerprint density at radius 3 is 1.47 bits per heavy atom. The average Bonchev–Trinajstić information content (AvgIpc) is 3.55. The van der Waals surface area contributed by atoms with Gasteiger partial charge in [0.25, 0.3) is 0 Å². The largest absolute Gasteiger partial charge is 0.490 e. The zero-order valence-corrected chi connectivity index (χ0v) is 44.9. The number of hydrogen-bond acceptors (Lipinski definition) is 12. The highest BCUT2D eigenvalue weighted by Crippen LogP contribution is 2.33. The highest BCUT2D eigenvalue weighted by atomic mass is 16.6. The second kappa shape index (κ2) is 30.9. The van der Waals surface area contributed by atoms with Crippen molar-refractivity contribution >= 4 is 41.4 Å². The molecular weight excluding hydrogens is 895 g/mol. The fourth-order valence-corrected chi connectivity index (χ4v) is 5.51. The van der Waals surface area contributed by atoms with Gasteiger partial charge in [-0.05, 0) is 103 Å². The van der Waals surface area contributed by atoms with Gasteiger partial charge in [-0.1, -0.05) is 123 Å². The van der Waals surface area contributed by atoms with E-state index in [4.69, 9.17) is 29.5 Å². The second-order valence-electron chi connectivity index (χ2n) is 19.7. The van der Waals surface area contributed by atoms with Gasteiger partial charge in [0, 0.05) is 17.3 Å². The average molecular weight is 980 g/mol. The van der Waals surface area contributed by atoms with Crippen LogP contribution in [0.25, 0.3) is 0 Å². The normalized spacial score (nSPS) is 15.4. The van der Waals surface area contributed by atoms with Crippen LogP contribution < -0.4 is 9.64 Å². The first-order chi connectivity index (χ1) is 32.6. The van der Waals surface area contributed by atoms with Crippen LogP contribution in [0.3, 0.4) is 0 Å². The molecule has 0 bridgehead atoms. The number of carbonyl (C=O) groups excluding carboxylic acids is 5. The summed E-state index contributed by atoms with van der Waals surface area (Å²) in [5.41, 5.74) is 1.74. The zero-order chi connectivity index (χ0) is 54.0. The summed E-state index contributed by atoms with van der Waals surface area (Å²) in [6.07, 6.45) is 2.00. The third-order valence-electron chi connectivity index (χ3n) is 12.8. The fraction of sp³-hybridized carbons (Fsp3) is 0.571. The van der Waals surface area contributed by atoms with E-state index in [0.717, 1.165) is 18.6 Å². The number of aliphatic hydroxyl groups is 2. The van der Waals surface area contributed by atoms with Crippen molar-refractivity contribution in [3.63, 3.8) is 0 Å². The van der Waals surface area contributed by atoms with Crippen molar-refractivity contribution in [2.24, 2.45) is 34.0 Å². The molecule has 4 unspecified atom stereocenters. The maximum atomic E-state index is 11.8. The molecule has 3 aromatic carbocycles. The van der Waals surface area contributed by atoms with Crippen LogP contribution in [0, 0.1) is 34.0 Å². The molecule has 0 aliphatic carbocycles. The monoisotopic (exact) mass is 980 g/mol. The molecule has 4 rings (SSSR count). The molecule has 14 nitrogen and oxygen atoms in total. The number of carbonyl (C=O) groups is 6. The molecule has 14 heteroatoms. The summed E-state index contributed by atoms with van der Waals surface area (Å²) in [7, 11) is 1.42. The van der Waals surface area contributed by atoms with E-state index in [9.17, 15) is 28.8 Å². The highest BCUT2D eigenvalue weighted by Gasteiger charge is 2.43. The van der Waals surface area contributed by atoms with E-state index in [-0.39, 0.29) is 78.1 Å². The molecule has 0 spiro atoms. The van der Waals surface area contributed by atoms with Gasteiger partial charge < -0.3 is 34.3 Å². The predicted molar refractivity (Wildman–Crippen MR) is 274 cm³/mol. The summed E-state index contributed by atoms with van der Waals surface area (Å²) in [5.74, 6) is -1.25. The lowest BCUT2D eigenvalue weighted by atomic mass is 9.78. The van der Waals surface area contributed by atoms with Gasteiger partial charge in [0.1, 0.15) is 31.7 Å². The molecule has 392 valence electrons. The van der Waals surface area contributed by atoms with Gasteiger partial charge in [-0.25, -0.2) is 0 Å². The molecule has 1 heterocycles. The molecule has 3 aromatic rings. The van der Waals surface area contributed by atoms with Gasteiger partial charge in [-0.15, -0.1) is 0 Å². The Morgan fingerprint density at radius 1 is 0.643 bits per heavy atom. The summed E-state index contributed by atoms with van der Waals surface area (Å²) in [6, 6.07) is 27.6. The minimum atomic E-state index is -0.975. The van der Waals surface area contributed by atoms with Crippen LogP contribution in [0.15, 0.2) is 84.9 Å². The fourth-order valence-electron chi connectivity index (χ4n) is 5.51. The lowest BCUT2D eigenvalue weighted by molar-refractivity contribution is -0.157. The van der Waals surface area contributed by atoms with Crippen molar-refractivity contribution in [3.8, 4) is 5.75 Å². The van der Waals surface area contributed by atoms with E-state index >= 15 is 0 Å². The Kier molecular flexibility index (Phi) is 28.4. The van der Waals surface area contributed by atoms with Crippen molar-refractivity contribution in [1.82, 2.24) is 0 Å². The zero-order valence-electron chi connectivity index (χ0n) is 44.9. The number of para-hydroxylation sites is 1. The van der Waals surface area contributed by atoms with Crippen molar-refractivity contribution in [1.29, 1.82) is 0 Å². The van der Waals surface area contributed by atoms with Crippen LogP contribution in [0.1, 0.15) is 141 Å². The van der Waals surface area contributed by atoms with E-state index in [1.165, 1.54) is 23.1 Å². The van der Waals surface area contributed by atoms with Crippen molar-refractivity contribution in [2.45, 2.75) is 141 Å². The number of nitrogens with zero attached hydrogens (tertiary/aromatic N) is 1. The quantitative estimate of drug-likeness (QED) is 0.0471. The first kappa shape index (κ1) is 64.4. The van der Waals surface area contributed by atoms with E-state index < -0.39 is 22.9 Å². The number of aliphatic carboxylic acids is 1. The van der Waals surface area contributed by atoms with Crippen molar-refractivity contribution in [2.75, 3.05) is 38.4 Å². The predicted octanol–water partition coefficient (Wildman–Crippen LogP) is 10.2. The number of carboxylic acid groups (broad SMARTS) is 1. The summed E-state index contributed by atoms with van der Waals surface area (Å²) >= 11 is 0.